The number of halogens is 3. The number of hydrogen-bond acceptors (Lipinski definition) is 2. The number of aliphatic hydroxyl groups is 1. The van der Waals surface area contributed by atoms with Crippen LogP contribution in [0.5, 0.6) is 0 Å². The lowest BCUT2D eigenvalue weighted by molar-refractivity contribution is -0.137. The van der Waals surface area contributed by atoms with Crippen LogP contribution in [0.3, 0.4) is 0 Å². The molecular formula is C15H20F3NO. The molecule has 1 aliphatic rings. The zero-order valence-electron chi connectivity index (χ0n) is 11.5. The van der Waals surface area contributed by atoms with Gasteiger partial charge in [-0.25, -0.2) is 0 Å². The highest BCUT2D eigenvalue weighted by atomic mass is 19.4. The van der Waals surface area contributed by atoms with Crippen LogP contribution in [0.4, 0.5) is 13.2 Å². The molecule has 2 unspecified atom stereocenters. The van der Waals surface area contributed by atoms with E-state index in [1.54, 1.807) is 0 Å². The molecule has 1 aromatic rings. The maximum Gasteiger partial charge on any atom is 0.416 e. The van der Waals surface area contributed by atoms with Crippen LogP contribution in [0, 0.1) is 5.92 Å². The highest BCUT2D eigenvalue weighted by Gasteiger charge is 2.31. The molecule has 0 aromatic heterocycles. The summed E-state index contributed by atoms with van der Waals surface area (Å²) in [4.78, 5) is 0. The third-order valence-electron chi connectivity index (χ3n) is 3.64. The van der Waals surface area contributed by atoms with Gasteiger partial charge in [0, 0.05) is 12.6 Å². The second-order valence-corrected chi connectivity index (χ2v) is 5.63. The van der Waals surface area contributed by atoms with Gasteiger partial charge in [0.15, 0.2) is 0 Å². The fraction of sp³-hybridized carbons (Fsp3) is 0.600. The minimum Gasteiger partial charge on any atom is -0.387 e. The quantitative estimate of drug-likeness (QED) is 0.839. The first-order chi connectivity index (χ1) is 9.36. The Hall–Kier alpha value is -1.07. The van der Waals surface area contributed by atoms with Crippen molar-refractivity contribution in [2.45, 2.75) is 44.5 Å². The van der Waals surface area contributed by atoms with E-state index in [2.05, 4.69) is 5.32 Å². The predicted octanol–water partition coefficient (Wildman–Crippen LogP) is 3.52. The van der Waals surface area contributed by atoms with Gasteiger partial charge in [-0.3, -0.25) is 0 Å². The predicted molar refractivity (Wildman–Crippen MR) is 71.2 cm³/mol. The van der Waals surface area contributed by atoms with Crippen LogP contribution in [0.2, 0.25) is 0 Å². The molecule has 2 atom stereocenters. The number of nitrogens with one attached hydrogen (secondary N) is 1. The number of benzene rings is 1. The molecule has 2 nitrogen and oxygen atoms in total. The molecule has 0 amide bonds. The molecule has 0 saturated heterocycles. The molecule has 0 aliphatic heterocycles. The number of rotatable bonds is 6. The number of alkyl halides is 3. The number of aliphatic hydroxyl groups excluding tert-OH is 1. The van der Waals surface area contributed by atoms with Crippen LogP contribution < -0.4 is 5.32 Å². The van der Waals surface area contributed by atoms with Gasteiger partial charge in [-0.2, -0.15) is 13.2 Å². The van der Waals surface area contributed by atoms with Crippen molar-refractivity contribution in [2.75, 3.05) is 6.54 Å². The normalized spacial score (nSPS) is 18.9. The monoisotopic (exact) mass is 287 g/mol. The van der Waals surface area contributed by atoms with Gasteiger partial charge in [0.25, 0.3) is 0 Å². The van der Waals surface area contributed by atoms with Crippen molar-refractivity contribution in [3.63, 3.8) is 0 Å². The Morgan fingerprint density at radius 3 is 2.65 bits per heavy atom. The molecule has 1 fully saturated rings. The minimum atomic E-state index is -4.37. The summed E-state index contributed by atoms with van der Waals surface area (Å²) in [6.07, 6.45) is -1.69. The average Bonchev–Trinajstić information content (AvgIpc) is 3.19. The summed E-state index contributed by atoms with van der Waals surface area (Å²) in [5.41, 5.74) is -0.425. The molecule has 0 radical (unpaired) electrons. The highest BCUT2D eigenvalue weighted by molar-refractivity contribution is 5.27. The van der Waals surface area contributed by atoms with Crippen molar-refractivity contribution < 1.29 is 18.3 Å². The van der Waals surface area contributed by atoms with Crippen LogP contribution in [-0.4, -0.2) is 17.7 Å². The van der Waals surface area contributed by atoms with Crippen molar-refractivity contribution >= 4 is 0 Å². The van der Waals surface area contributed by atoms with Gasteiger partial charge in [0.2, 0.25) is 0 Å². The lowest BCUT2D eigenvalue weighted by Gasteiger charge is -2.18. The van der Waals surface area contributed by atoms with E-state index in [0.29, 0.717) is 5.56 Å². The maximum absolute atomic E-state index is 12.6. The fourth-order valence-electron chi connectivity index (χ4n) is 2.29. The van der Waals surface area contributed by atoms with Gasteiger partial charge in [-0.15, -0.1) is 0 Å². The third-order valence-corrected chi connectivity index (χ3v) is 3.64. The summed E-state index contributed by atoms with van der Waals surface area (Å²) in [7, 11) is 0. The third kappa shape index (κ3) is 4.49. The Bertz CT molecular complexity index is 443. The lowest BCUT2D eigenvalue weighted by Crippen LogP contribution is -2.30. The SMILES string of the molecule is CC(CC1CC1)NCC(O)c1cccc(C(F)(F)F)c1. The van der Waals surface area contributed by atoms with E-state index < -0.39 is 17.8 Å². The first-order valence-corrected chi connectivity index (χ1v) is 6.95. The van der Waals surface area contributed by atoms with Crippen LogP contribution in [-0.2, 0) is 6.18 Å². The van der Waals surface area contributed by atoms with Crippen molar-refractivity contribution in [3.8, 4) is 0 Å². The van der Waals surface area contributed by atoms with Crippen molar-refractivity contribution in [2.24, 2.45) is 5.92 Å². The van der Waals surface area contributed by atoms with E-state index in [4.69, 9.17) is 0 Å². The Morgan fingerprint density at radius 1 is 1.35 bits per heavy atom. The summed E-state index contributed by atoms with van der Waals surface area (Å²) in [6.45, 7) is 2.31. The summed E-state index contributed by atoms with van der Waals surface area (Å²) >= 11 is 0. The van der Waals surface area contributed by atoms with Gasteiger partial charge in [0.1, 0.15) is 0 Å². The molecule has 2 N–H and O–H groups in total. The molecule has 0 heterocycles. The average molecular weight is 287 g/mol. The van der Waals surface area contributed by atoms with Crippen LogP contribution in [0.1, 0.15) is 43.4 Å². The zero-order valence-corrected chi connectivity index (χ0v) is 11.5. The molecule has 1 aromatic carbocycles. The van der Waals surface area contributed by atoms with Crippen LogP contribution in [0.15, 0.2) is 24.3 Å². The Balaban J connectivity index is 1.89. The van der Waals surface area contributed by atoms with E-state index >= 15 is 0 Å². The topological polar surface area (TPSA) is 32.3 Å². The second kappa shape index (κ2) is 6.14. The molecular weight excluding hydrogens is 267 g/mol. The second-order valence-electron chi connectivity index (χ2n) is 5.63. The first kappa shape index (κ1) is 15.3. The van der Waals surface area contributed by atoms with E-state index in [1.807, 2.05) is 6.92 Å². The molecule has 0 spiro atoms. The minimum absolute atomic E-state index is 0.273. The molecule has 112 valence electrons. The number of hydrogen-bond donors (Lipinski definition) is 2. The van der Waals surface area contributed by atoms with Crippen molar-refractivity contribution in [1.29, 1.82) is 0 Å². The van der Waals surface area contributed by atoms with Gasteiger partial charge < -0.3 is 10.4 Å². The van der Waals surface area contributed by atoms with Gasteiger partial charge in [-0.1, -0.05) is 25.0 Å². The van der Waals surface area contributed by atoms with Gasteiger partial charge in [-0.05, 0) is 37.0 Å². The van der Waals surface area contributed by atoms with E-state index in [-0.39, 0.29) is 12.6 Å². The van der Waals surface area contributed by atoms with Crippen molar-refractivity contribution in [3.05, 3.63) is 35.4 Å². The summed E-state index contributed by atoms with van der Waals surface area (Å²) in [5.74, 6) is 0.781. The maximum atomic E-state index is 12.6. The molecule has 1 saturated carbocycles. The Kier molecular flexibility index (Phi) is 4.70. The summed E-state index contributed by atoms with van der Waals surface area (Å²) in [5, 5.41) is 13.2. The fourth-order valence-corrected chi connectivity index (χ4v) is 2.29. The van der Waals surface area contributed by atoms with E-state index in [9.17, 15) is 18.3 Å². The van der Waals surface area contributed by atoms with Crippen LogP contribution >= 0.6 is 0 Å². The van der Waals surface area contributed by atoms with Gasteiger partial charge >= 0.3 is 6.18 Å². The standard InChI is InChI=1S/C15H20F3NO/c1-10(7-11-5-6-11)19-9-14(20)12-3-2-4-13(8-12)15(16,17)18/h2-4,8,10-11,14,19-20H,5-7,9H2,1H3. The van der Waals surface area contributed by atoms with Crippen molar-refractivity contribution in [1.82, 2.24) is 5.32 Å². The molecule has 20 heavy (non-hydrogen) atoms. The molecule has 0 bridgehead atoms. The van der Waals surface area contributed by atoms with Crippen LogP contribution in [0.25, 0.3) is 0 Å². The molecule has 5 heteroatoms. The van der Waals surface area contributed by atoms with E-state index in [0.717, 1.165) is 24.5 Å². The summed E-state index contributed by atoms with van der Waals surface area (Å²) in [6, 6.07) is 5.15. The van der Waals surface area contributed by atoms with Gasteiger partial charge in [0.05, 0.1) is 11.7 Å². The highest BCUT2D eigenvalue weighted by Crippen LogP contribution is 2.33. The zero-order chi connectivity index (χ0) is 14.8. The van der Waals surface area contributed by atoms with E-state index in [1.165, 1.54) is 25.0 Å². The Labute approximate surface area is 117 Å². The largest absolute Gasteiger partial charge is 0.416 e. The lowest BCUT2D eigenvalue weighted by atomic mass is 10.0. The molecule has 1 aliphatic carbocycles. The first-order valence-electron chi connectivity index (χ1n) is 6.95. The smallest absolute Gasteiger partial charge is 0.387 e. The Morgan fingerprint density at radius 2 is 2.05 bits per heavy atom. The molecule has 2 rings (SSSR count). The summed E-state index contributed by atoms with van der Waals surface area (Å²) < 4.78 is 37.8.